The molecule has 0 aliphatic heterocycles. The van der Waals surface area contributed by atoms with Crippen LogP contribution in [0.2, 0.25) is 0 Å². The van der Waals surface area contributed by atoms with Crippen LogP contribution >= 0.6 is 0 Å². The molecule has 164 valence electrons. The fourth-order valence-corrected chi connectivity index (χ4v) is 3.70. The topological polar surface area (TPSA) is 66.6 Å². The van der Waals surface area contributed by atoms with Crippen molar-refractivity contribution in [1.29, 1.82) is 0 Å². The van der Waals surface area contributed by atoms with Crippen LogP contribution in [0.25, 0.3) is 5.57 Å². The molecule has 0 unspecified atom stereocenters. The Kier molecular flexibility index (Phi) is 6.62. The number of hydrogen-bond donors (Lipinski definition) is 1. The lowest BCUT2D eigenvalue weighted by Crippen LogP contribution is -2.10. The Morgan fingerprint density at radius 1 is 0.758 bits per heavy atom. The van der Waals surface area contributed by atoms with Gasteiger partial charge in [-0.25, -0.2) is 0 Å². The van der Waals surface area contributed by atoms with Crippen molar-refractivity contribution in [3.8, 4) is 0 Å². The SMILES string of the molecule is C=C(Cc1ccc(N(c2ccccc2)c2ccc(CO)cc2)cc1)c1ccc([N+](=O)[O-])cc1. The zero-order chi connectivity index (χ0) is 23.2. The van der Waals surface area contributed by atoms with Gasteiger partial charge in [0.1, 0.15) is 0 Å². The van der Waals surface area contributed by atoms with Gasteiger partial charge in [-0.1, -0.05) is 49.0 Å². The molecule has 0 heterocycles. The third-order valence-electron chi connectivity index (χ3n) is 5.49. The van der Waals surface area contributed by atoms with E-state index in [2.05, 4.69) is 47.9 Å². The lowest BCUT2D eigenvalue weighted by atomic mass is 9.99. The summed E-state index contributed by atoms with van der Waals surface area (Å²) >= 11 is 0. The van der Waals surface area contributed by atoms with Gasteiger partial charge in [-0.15, -0.1) is 0 Å². The highest BCUT2D eigenvalue weighted by molar-refractivity contribution is 5.77. The molecule has 5 nitrogen and oxygen atoms in total. The number of para-hydroxylation sites is 1. The molecule has 0 amide bonds. The molecule has 0 aliphatic carbocycles. The summed E-state index contributed by atoms with van der Waals surface area (Å²) in [6.07, 6.45) is 0.647. The highest BCUT2D eigenvalue weighted by Crippen LogP contribution is 2.34. The van der Waals surface area contributed by atoms with Gasteiger partial charge < -0.3 is 10.0 Å². The van der Waals surface area contributed by atoms with E-state index in [4.69, 9.17) is 0 Å². The minimum absolute atomic E-state index is 0.0129. The van der Waals surface area contributed by atoms with Gasteiger partial charge >= 0.3 is 0 Å². The second-order valence-electron chi connectivity index (χ2n) is 7.75. The van der Waals surface area contributed by atoms with Crippen molar-refractivity contribution in [3.63, 3.8) is 0 Å². The third kappa shape index (κ3) is 5.17. The highest BCUT2D eigenvalue weighted by Gasteiger charge is 2.13. The van der Waals surface area contributed by atoms with E-state index in [-0.39, 0.29) is 12.3 Å². The van der Waals surface area contributed by atoms with E-state index in [0.717, 1.165) is 39.3 Å². The molecular formula is C28H24N2O3. The van der Waals surface area contributed by atoms with Gasteiger partial charge in [0.2, 0.25) is 0 Å². The lowest BCUT2D eigenvalue weighted by Gasteiger charge is -2.25. The Balaban J connectivity index is 1.57. The fraction of sp³-hybridized carbons (Fsp3) is 0.0714. The molecule has 0 fully saturated rings. The minimum Gasteiger partial charge on any atom is -0.392 e. The van der Waals surface area contributed by atoms with Gasteiger partial charge in [0, 0.05) is 29.2 Å². The van der Waals surface area contributed by atoms with E-state index in [1.807, 2.05) is 42.5 Å². The summed E-state index contributed by atoms with van der Waals surface area (Å²) in [6, 6.07) is 32.8. The number of allylic oxidation sites excluding steroid dienone is 1. The molecule has 0 radical (unpaired) electrons. The second-order valence-corrected chi connectivity index (χ2v) is 7.75. The van der Waals surface area contributed by atoms with Gasteiger partial charge in [0.25, 0.3) is 5.69 Å². The summed E-state index contributed by atoms with van der Waals surface area (Å²) in [5.74, 6) is 0. The molecule has 0 aliphatic rings. The maximum Gasteiger partial charge on any atom is 0.269 e. The first kappa shape index (κ1) is 22.0. The van der Waals surface area contributed by atoms with Crippen molar-refractivity contribution in [3.05, 3.63) is 137 Å². The largest absolute Gasteiger partial charge is 0.392 e. The number of aliphatic hydroxyl groups is 1. The second kappa shape index (κ2) is 9.94. The van der Waals surface area contributed by atoms with Crippen LogP contribution in [0, 0.1) is 10.1 Å². The van der Waals surface area contributed by atoms with Crippen LogP contribution in [0.5, 0.6) is 0 Å². The Labute approximate surface area is 193 Å². The van der Waals surface area contributed by atoms with Gasteiger partial charge in [0.15, 0.2) is 0 Å². The van der Waals surface area contributed by atoms with Crippen molar-refractivity contribution in [1.82, 2.24) is 0 Å². The monoisotopic (exact) mass is 436 g/mol. The van der Waals surface area contributed by atoms with E-state index in [9.17, 15) is 15.2 Å². The molecule has 0 saturated carbocycles. The van der Waals surface area contributed by atoms with Crippen LogP contribution in [0.3, 0.4) is 0 Å². The van der Waals surface area contributed by atoms with Gasteiger partial charge in [-0.3, -0.25) is 10.1 Å². The van der Waals surface area contributed by atoms with Crippen LogP contribution in [0.15, 0.2) is 110 Å². The summed E-state index contributed by atoms with van der Waals surface area (Å²) in [5.41, 5.74) is 6.89. The van der Waals surface area contributed by atoms with Crippen LogP contribution < -0.4 is 4.90 Å². The number of nitrogens with zero attached hydrogens (tertiary/aromatic N) is 2. The molecule has 33 heavy (non-hydrogen) atoms. The number of hydrogen-bond acceptors (Lipinski definition) is 4. The molecule has 4 aromatic carbocycles. The number of non-ortho nitro benzene ring substituents is 1. The lowest BCUT2D eigenvalue weighted by molar-refractivity contribution is -0.384. The number of nitro benzene ring substituents is 1. The predicted molar refractivity (Wildman–Crippen MR) is 133 cm³/mol. The zero-order valence-electron chi connectivity index (χ0n) is 18.1. The van der Waals surface area contributed by atoms with Crippen LogP contribution in [0.4, 0.5) is 22.7 Å². The molecular weight excluding hydrogens is 412 g/mol. The van der Waals surface area contributed by atoms with Crippen molar-refractivity contribution in [2.24, 2.45) is 0 Å². The maximum atomic E-state index is 10.9. The minimum atomic E-state index is -0.402. The van der Waals surface area contributed by atoms with E-state index in [1.54, 1.807) is 12.1 Å². The van der Waals surface area contributed by atoms with Crippen molar-refractivity contribution < 1.29 is 10.0 Å². The highest BCUT2D eigenvalue weighted by atomic mass is 16.6. The smallest absolute Gasteiger partial charge is 0.269 e. The molecule has 5 heteroatoms. The summed E-state index contributed by atoms with van der Waals surface area (Å²) in [6.45, 7) is 4.18. The average Bonchev–Trinajstić information content (AvgIpc) is 2.86. The molecule has 1 N–H and O–H groups in total. The van der Waals surface area contributed by atoms with E-state index in [1.165, 1.54) is 12.1 Å². The molecule has 0 atom stereocenters. The number of aliphatic hydroxyl groups excluding tert-OH is 1. The predicted octanol–water partition coefficient (Wildman–Crippen LogP) is 6.81. The molecule has 0 aromatic heterocycles. The molecule has 0 saturated heterocycles. The van der Waals surface area contributed by atoms with Crippen LogP contribution in [0.1, 0.15) is 16.7 Å². The Hall–Kier alpha value is -4.22. The fourth-order valence-electron chi connectivity index (χ4n) is 3.70. The maximum absolute atomic E-state index is 10.9. The van der Waals surface area contributed by atoms with Crippen molar-refractivity contribution in [2.75, 3.05) is 4.90 Å². The third-order valence-corrected chi connectivity index (χ3v) is 5.49. The molecule has 0 bridgehead atoms. The van der Waals surface area contributed by atoms with E-state index < -0.39 is 4.92 Å². The first-order valence-corrected chi connectivity index (χ1v) is 10.6. The molecule has 0 spiro atoms. The Morgan fingerprint density at radius 3 is 1.79 bits per heavy atom. The number of nitro groups is 1. The summed E-state index contributed by atoms with van der Waals surface area (Å²) < 4.78 is 0. The number of benzene rings is 4. The normalized spacial score (nSPS) is 10.6. The van der Waals surface area contributed by atoms with Crippen molar-refractivity contribution in [2.45, 2.75) is 13.0 Å². The van der Waals surface area contributed by atoms with E-state index in [0.29, 0.717) is 6.42 Å². The molecule has 4 rings (SSSR count). The van der Waals surface area contributed by atoms with Crippen LogP contribution in [-0.4, -0.2) is 10.0 Å². The first-order chi connectivity index (χ1) is 16.0. The van der Waals surface area contributed by atoms with Crippen molar-refractivity contribution >= 4 is 28.3 Å². The van der Waals surface area contributed by atoms with Gasteiger partial charge in [0.05, 0.1) is 11.5 Å². The first-order valence-electron chi connectivity index (χ1n) is 10.6. The van der Waals surface area contributed by atoms with Gasteiger partial charge in [-0.2, -0.15) is 0 Å². The standard InChI is InChI=1S/C28H24N2O3/c1-21(24-11-17-28(18-12-24)30(32)33)19-22-7-13-26(14-8-22)29(25-5-3-2-4-6-25)27-15-9-23(20-31)10-16-27/h2-18,31H,1,19-20H2. The Morgan fingerprint density at radius 2 is 1.27 bits per heavy atom. The summed E-state index contributed by atoms with van der Waals surface area (Å²) in [7, 11) is 0. The average molecular weight is 437 g/mol. The van der Waals surface area contributed by atoms with Gasteiger partial charge in [-0.05, 0) is 77.2 Å². The summed E-state index contributed by atoms with van der Waals surface area (Å²) in [4.78, 5) is 12.6. The zero-order valence-corrected chi connectivity index (χ0v) is 18.1. The molecule has 4 aromatic rings. The van der Waals surface area contributed by atoms with Crippen LogP contribution in [-0.2, 0) is 13.0 Å². The quantitative estimate of drug-likeness (QED) is 0.243. The Bertz CT molecular complexity index is 1230. The number of rotatable bonds is 8. The van der Waals surface area contributed by atoms with E-state index >= 15 is 0 Å². The summed E-state index contributed by atoms with van der Waals surface area (Å²) in [5, 5.41) is 20.2. The number of anilines is 3.